The summed E-state index contributed by atoms with van der Waals surface area (Å²) in [5.41, 5.74) is -0.851. The maximum absolute atomic E-state index is 15.1. The van der Waals surface area contributed by atoms with E-state index in [2.05, 4.69) is 0 Å². The molecule has 1 aliphatic heterocycles. The number of nitrogens with zero attached hydrogens (tertiary/aromatic N) is 1. The first kappa shape index (κ1) is 28.5. The molecule has 5 atom stereocenters. The summed E-state index contributed by atoms with van der Waals surface area (Å²) in [6, 6.07) is 6.87. The van der Waals surface area contributed by atoms with Crippen LogP contribution in [0.4, 0.5) is 22.0 Å². The molecule has 2 unspecified atom stereocenters. The Morgan fingerprint density at radius 2 is 1.71 bits per heavy atom. The monoisotopic (exact) mass is 579 g/mol. The molecule has 1 aromatic rings. The van der Waals surface area contributed by atoms with E-state index in [1.54, 1.807) is 35.2 Å². The molecule has 0 bridgehead atoms. The normalized spacial score (nSPS) is 34.1. The summed E-state index contributed by atoms with van der Waals surface area (Å²) in [5.74, 6) is -6.77. The third-order valence-corrected chi connectivity index (χ3v) is 10.6. The molecular formula is C31H34F5NO4. The van der Waals surface area contributed by atoms with Crippen molar-refractivity contribution in [3.05, 3.63) is 58.2 Å². The molecule has 5 aliphatic rings. The number of hydrogen-bond donors (Lipinski definition) is 1. The number of benzene rings is 1. The van der Waals surface area contributed by atoms with Crippen molar-refractivity contribution in [1.29, 1.82) is 0 Å². The van der Waals surface area contributed by atoms with Crippen LogP contribution in [-0.4, -0.2) is 65.7 Å². The SMILES string of the molecule is CC12C[C@H](c3ccc(C(=O)N4CCOCC4)cc3)C3=C4CCC(=O)C=C4CCC3[C@@H]1CC[C@@]2(O)C(F)(F)C(F)(F)F. The van der Waals surface area contributed by atoms with Crippen molar-refractivity contribution in [2.24, 2.45) is 17.3 Å². The number of halogens is 5. The Bertz CT molecular complexity index is 1310. The molecule has 1 heterocycles. The van der Waals surface area contributed by atoms with Crippen LogP contribution in [0, 0.1) is 17.3 Å². The first-order valence-corrected chi connectivity index (χ1v) is 14.4. The number of carbonyl (C=O) groups excluding carboxylic acids is 2. The molecule has 10 heteroatoms. The van der Waals surface area contributed by atoms with Gasteiger partial charge in [-0.05, 0) is 85.3 Å². The summed E-state index contributed by atoms with van der Waals surface area (Å²) in [6.45, 7) is 3.26. The maximum atomic E-state index is 15.1. The van der Waals surface area contributed by atoms with Gasteiger partial charge in [-0.1, -0.05) is 24.6 Å². The molecule has 0 spiro atoms. The largest absolute Gasteiger partial charge is 0.456 e. The lowest BCUT2D eigenvalue weighted by Gasteiger charge is -2.56. The molecule has 2 saturated carbocycles. The molecule has 3 fully saturated rings. The first-order valence-electron chi connectivity index (χ1n) is 14.4. The Kier molecular flexibility index (Phi) is 6.77. The smallest absolute Gasteiger partial charge is 0.383 e. The number of aliphatic hydroxyl groups is 1. The van der Waals surface area contributed by atoms with E-state index in [9.17, 15) is 27.9 Å². The fourth-order valence-corrected chi connectivity index (χ4v) is 8.52. The molecule has 1 N–H and O–H groups in total. The fourth-order valence-electron chi connectivity index (χ4n) is 8.52. The molecule has 0 radical (unpaired) electrons. The van der Waals surface area contributed by atoms with Gasteiger partial charge in [0.05, 0.1) is 13.2 Å². The van der Waals surface area contributed by atoms with Gasteiger partial charge in [-0.2, -0.15) is 22.0 Å². The van der Waals surface area contributed by atoms with Crippen LogP contribution >= 0.6 is 0 Å². The van der Waals surface area contributed by atoms with Gasteiger partial charge in [0.15, 0.2) is 5.78 Å². The summed E-state index contributed by atoms with van der Waals surface area (Å²) in [4.78, 5) is 26.9. The number of fused-ring (bicyclic) bond motifs is 4. The van der Waals surface area contributed by atoms with Crippen LogP contribution in [-0.2, 0) is 9.53 Å². The summed E-state index contributed by atoms with van der Waals surface area (Å²) in [5, 5.41) is 11.4. The van der Waals surface area contributed by atoms with Crippen molar-refractivity contribution in [3.63, 3.8) is 0 Å². The fraction of sp³-hybridized carbons (Fsp3) is 0.613. The van der Waals surface area contributed by atoms with Gasteiger partial charge >= 0.3 is 12.1 Å². The minimum Gasteiger partial charge on any atom is -0.383 e. The topological polar surface area (TPSA) is 66.8 Å². The number of hydrogen-bond acceptors (Lipinski definition) is 4. The minimum absolute atomic E-state index is 0.0334. The van der Waals surface area contributed by atoms with E-state index in [1.165, 1.54) is 6.92 Å². The summed E-state index contributed by atoms with van der Waals surface area (Å²) in [6.07, 6.45) is -2.99. The van der Waals surface area contributed by atoms with Gasteiger partial charge in [0.25, 0.3) is 5.91 Å². The lowest BCUT2D eigenvalue weighted by atomic mass is 9.50. The van der Waals surface area contributed by atoms with E-state index in [-0.39, 0.29) is 30.4 Å². The third-order valence-electron chi connectivity index (χ3n) is 10.6. The van der Waals surface area contributed by atoms with Gasteiger partial charge in [-0.25, -0.2) is 0 Å². The first-order chi connectivity index (χ1) is 19.3. The molecule has 5 nitrogen and oxygen atoms in total. The molecule has 4 aliphatic carbocycles. The van der Waals surface area contributed by atoms with E-state index >= 15 is 8.78 Å². The second kappa shape index (κ2) is 9.73. The van der Waals surface area contributed by atoms with E-state index in [4.69, 9.17) is 4.74 Å². The van der Waals surface area contributed by atoms with Gasteiger partial charge in [-0.15, -0.1) is 0 Å². The number of alkyl halides is 5. The van der Waals surface area contributed by atoms with Crippen LogP contribution in [0.5, 0.6) is 0 Å². The molecule has 6 rings (SSSR count). The predicted molar refractivity (Wildman–Crippen MR) is 139 cm³/mol. The van der Waals surface area contributed by atoms with E-state index in [0.717, 1.165) is 16.7 Å². The zero-order valence-corrected chi connectivity index (χ0v) is 22.9. The van der Waals surface area contributed by atoms with Crippen LogP contribution in [0.15, 0.2) is 47.1 Å². The summed E-state index contributed by atoms with van der Waals surface area (Å²) in [7, 11) is 0. The maximum Gasteiger partial charge on any atom is 0.456 e. The Balaban J connectivity index is 1.44. The molecule has 222 valence electrons. The quantitative estimate of drug-likeness (QED) is 0.447. The Morgan fingerprint density at radius 3 is 2.37 bits per heavy atom. The summed E-state index contributed by atoms with van der Waals surface area (Å²) >= 11 is 0. The van der Waals surface area contributed by atoms with E-state index in [0.29, 0.717) is 63.1 Å². The highest BCUT2D eigenvalue weighted by atomic mass is 19.4. The highest BCUT2D eigenvalue weighted by Crippen LogP contribution is 2.70. The van der Waals surface area contributed by atoms with Gasteiger partial charge in [0.1, 0.15) is 5.60 Å². The van der Waals surface area contributed by atoms with Crippen LogP contribution < -0.4 is 0 Å². The van der Waals surface area contributed by atoms with E-state index in [1.807, 2.05) is 0 Å². The Hall–Kier alpha value is -2.59. The molecule has 1 aromatic carbocycles. The molecule has 1 amide bonds. The predicted octanol–water partition coefficient (Wildman–Crippen LogP) is 5.99. The summed E-state index contributed by atoms with van der Waals surface area (Å²) < 4.78 is 76.8. The van der Waals surface area contributed by atoms with Crippen molar-refractivity contribution in [1.82, 2.24) is 4.90 Å². The van der Waals surface area contributed by atoms with Crippen LogP contribution in [0.25, 0.3) is 0 Å². The lowest BCUT2D eigenvalue weighted by Crippen LogP contribution is -2.65. The second-order valence-electron chi connectivity index (χ2n) is 12.5. The third kappa shape index (κ3) is 4.22. The standard InChI is InChI=1S/C31H34F5NO4/c1-28-17-24(18-2-4-19(5-3-18)27(39)37-12-14-41-15-13-37)26-22-9-7-21(38)16-20(22)6-8-23(26)25(28)10-11-29(28,40)30(32,33)31(34,35)36/h2-5,16,23-25,40H,6-15,17H2,1H3/t23?,24-,25+,28?,29+/m1/s1. The molecule has 1 saturated heterocycles. The van der Waals surface area contributed by atoms with Crippen molar-refractivity contribution in [3.8, 4) is 0 Å². The number of ketones is 1. The van der Waals surface area contributed by atoms with Crippen molar-refractivity contribution in [2.45, 2.75) is 75.5 Å². The van der Waals surface area contributed by atoms with Crippen molar-refractivity contribution >= 4 is 11.7 Å². The van der Waals surface area contributed by atoms with Crippen molar-refractivity contribution < 1.29 is 41.4 Å². The van der Waals surface area contributed by atoms with Gasteiger partial charge in [0, 0.05) is 36.4 Å². The minimum atomic E-state index is -5.89. The van der Waals surface area contributed by atoms with Crippen LogP contribution in [0.3, 0.4) is 0 Å². The zero-order valence-electron chi connectivity index (χ0n) is 22.9. The van der Waals surface area contributed by atoms with Gasteiger partial charge in [0.2, 0.25) is 0 Å². The number of carbonyl (C=O) groups is 2. The average Bonchev–Trinajstić information content (AvgIpc) is 3.23. The van der Waals surface area contributed by atoms with E-state index < -0.39 is 41.4 Å². The number of morpholine rings is 1. The Morgan fingerprint density at radius 1 is 1.02 bits per heavy atom. The second-order valence-corrected chi connectivity index (χ2v) is 12.5. The van der Waals surface area contributed by atoms with Gasteiger partial charge < -0.3 is 14.7 Å². The number of amides is 1. The zero-order chi connectivity index (χ0) is 29.4. The highest BCUT2D eigenvalue weighted by Gasteiger charge is 2.79. The molecule has 0 aromatic heterocycles. The Labute approximate surface area is 235 Å². The molecule has 41 heavy (non-hydrogen) atoms. The van der Waals surface area contributed by atoms with Gasteiger partial charge in [-0.3, -0.25) is 9.59 Å². The number of rotatable bonds is 3. The number of allylic oxidation sites excluding steroid dienone is 4. The average molecular weight is 580 g/mol. The molecular weight excluding hydrogens is 545 g/mol. The van der Waals surface area contributed by atoms with Crippen LogP contribution in [0.2, 0.25) is 0 Å². The van der Waals surface area contributed by atoms with Crippen molar-refractivity contribution in [2.75, 3.05) is 26.3 Å². The lowest BCUT2D eigenvalue weighted by molar-refractivity contribution is -0.362. The highest BCUT2D eigenvalue weighted by molar-refractivity contribution is 5.94. The van der Waals surface area contributed by atoms with Crippen LogP contribution in [0.1, 0.15) is 73.7 Å². The number of ether oxygens (including phenoxy) is 1.